The van der Waals surface area contributed by atoms with Gasteiger partial charge in [-0.15, -0.1) is 5.54 Å². The van der Waals surface area contributed by atoms with Crippen LogP contribution in [-0.2, 0) is 12.0 Å². The smallest absolute Gasteiger partial charge is 0.129 e. The highest BCUT2D eigenvalue weighted by molar-refractivity contribution is 6.89. The van der Waals surface area contributed by atoms with Crippen molar-refractivity contribution in [2.75, 3.05) is 6.54 Å². The van der Waals surface area contributed by atoms with Crippen molar-refractivity contribution >= 4 is 21.3 Å². The summed E-state index contributed by atoms with van der Waals surface area (Å²) in [7, 11) is -3.27. The van der Waals surface area contributed by atoms with Gasteiger partial charge >= 0.3 is 0 Å². The molecule has 0 fully saturated rings. The predicted molar refractivity (Wildman–Crippen MR) is 173 cm³/mol. The second kappa shape index (κ2) is 10.8. The minimum atomic E-state index is -1.64. The van der Waals surface area contributed by atoms with Crippen molar-refractivity contribution in [3.63, 3.8) is 0 Å². The average molecular weight is 544 g/mol. The van der Waals surface area contributed by atoms with Crippen LogP contribution in [-0.4, -0.2) is 27.6 Å². The second-order valence-electron chi connectivity index (χ2n) is 12.8. The second-order valence-corrected chi connectivity index (χ2v) is 22.6. The Balaban J connectivity index is 1.89. The first-order chi connectivity index (χ1) is 18.6. The molecule has 1 aliphatic rings. The Kier molecular flexibility index (Phi) is 7.57. The van der Waals surface area contributed by atoms with Crippen LogP contribution in [0, 0.1) is 11.5 Å². The molecule has 0 radical (unpaired) electrons. The van der Waals surface area contributed by atoms with Crippen molar-refractivity contribution in [2.24, 2.45) is 0 Å². The van der Waals surface area contributed by atoms with Gasteiger partial charge in [0.05, 0.1) is 19.7 Å². The zero-order chi connectivity index (χ0) is 27.7. The van der Waals surface area contributed by atoms with Crippen LogP contribution in [0.25, 0.3) is 0 Å². The van der Waals surface area contributed by atoms with Gasteiger partial charge in [0.25, 0.3) is 0 Å². The molecule has 0 aromatic heterocycles. The summed E-state index contributed by atoms with van der Waals surface area (Å²) in [6.07, 6.45) is 1.02. The third-order valence-electron chi connectivity index (χ3n) is 7.80. The van der Waals surface area contributed by atoms with E-state index in [2.05, 4.69) is 165 Å². The fourth-order valence-corrected chi connectivity index (χ4v) is 8.44. The topological polar surface area (TPSA) is 3.24 Å². The Bertz CT molecular complexity index is 1370. The first-order valence-corrected chi connectivity index (χ1v) is 21.2. The minimum Gasteiger partial charge on any atom is -0.268 e. The first-order valence-electron chi connectivity index (χ1n) is 14.2. The van der Waals surface area contributed by atoms with Crippen molar-refractivity contribution < 1.29 is 0 Å². The molecule has 0 spiro atoms. The number of hydrogen-bond donors (Lipinski definition) is 0. The average Bonchev–Trinajstić information content (AvgIpc) is 2.93. The van der Waals surface area contributed by atoms with E-state index >= 15 is 0 Å². The Morgan fingerprint density at radius 3 is 1.56 bits per heavy atom. The van der Waals surface area contributed by atoms with E-state index in [-0.39, 0.29) is 6.04 Å². The summed E-state index contributed by atoms with van der Waals surface area (Å²) in [6, 6.07) is 40.4. The summed E-state index contributed by atoms with van der Waals surface area (Å²) < 4.78 is 0. The molecule has 0 aliphatic carbocycles. The SMILES string of the molecule is C[Si](C)(C)C#CC1c2c(cccc2[Si](C)(C)C)CCN1C(c1ccccc1)(c1ccccc1)c1ccccc1. The largest absolute Gasteiger partial charge is 0.268 e. The van der Waals surface area contributed by atoms with E-state index in [1.54, 1.807) is 5.19 Å². The van der Waals surface area contributed by atoms with E-state index < -0.39 is 21.7 Å². The molecule has 39 heavy (non-hydrogen) atoms. The molecule has 1 atom stereocenters. The number of nitrogens with zero attached hydrogens (tertiary/aromatic N) is 1. The van der Waals surface area contributed by atoms with Crippen molar-refractivity contribution in [3.8, 4) is 11.5 Å². The Morgan fingerprint density at radius 1 is 0.641 bits per heavy atom. The molecule has 0 saturated heterocycles. The van der Waals surface area contributed by atoms with Gasteiger partial charge in [-0.1, -0.05) is 160 Å². The van der Waals surface area contributed by atoms with E-state index in [1.165, 1.54) is 27.8 Å². The molecule has 1 heterocycles. The van der Waals surface area contributed by atoms with Gasteiger partial charge < -0.3 is 0 Å². The van der Waals surface area contributed by atoms with Gasteiger partial charge in [-0.25, -0.2) is 0 Å². The number of fused-ring (bicyclic) bond motifs is 1. The zero-order valence-electron chi connectivity index (χ0n) is 24.3. The predicted octanol–water partition coefficient (Wildman–Crippen LogP) is 8.00. The van der Waals surface area contributed by atoms with E-state index in [4.69, 9.17) is 0 Å². The molecule has 198 valence electrons. The molecular formula is C36H41NSi2. The quantitative estimate of drug-likeness (QED) is 0.140. The monoisotopic (exact) mass is 543 g/mol. The highest BCUT2D eigenvalue weighted by Gasteiger charge is 2.47. The molecule has 0 saturated carbocycles. The van der Waals surface area contributed by atoms with Crippen molar-refractivity contribution in [2.45, 2.75) is 57.3 Å². The van der Waals surface area contributed by atoms with Crippen LogP contribution in [0.15, 0.2) is 109 Å². The molecule has 3 heteroatoms. The molecule has 4 aromatic carbocycles. The van der Waals surface area contributed by atoms with Gasteiger partial charge in [0.15, 0.2) is 0 Å². The molecule has 1 unspecified atom stereocenters. The maximum absolute atomic E-state index is 3.95. The van der Waals surface area contributed by atoms with Crippen molar-refractivity contribution in [1.82, 2.24) is 4.90 Å². The fourth-order valence-electron chi connectivity index (χ4n) is 6.17. The van der Waals surface area contributed by atoms with Crippen LogP contribution < -0.4 is 5.19 Å². The minimum absolute atomic E-state index is 0.00372. The summed E-state index contributed by atoms with van der Waals surface area (Å²) in [5.74, 6) is 3.95. The lowest BCUT2D eigenvalue weighted by Crippen LogP contribution is -2.54. The highest BCUT2D eigenvalue weighted by atomic mass is 28.3. The molecule has 5 rings (SSSR count). The van der Waals surface area contributed by atoms with E-state index in [1.807, 2.05) is 0 Å². The Morgan fingerprint density at radius 2 is 1.13 bits per heavy atom. The number of benzene rings is 4. The lowest BCUT2D eigenvalue weighted by atomic mass is 9.73. The van der Waals surface area contributed by atoms with Crippen LogP contribution in [0.3, 0.4) is 0 Å². The van der Waals surface area contributed by atoms with E-state index in [0.717, 1.165) is 13.0 Å². The van der Waals surface area contributed by atoms with Crippen LogP contribution in [0.2, 0.25) is 39.3 Å². The maximum atomic E-state index is 3.95. The number of hydrogen-bond acceptors (Lipinski definition) is 1. The lowest BCUT2D eigenvalue weighted by Gasteiger charge is -2.51. The standard InChI is InChI=1S/C36H41NSi2/c1-38(2,3)28-26-33-35-29(17-16-24-34(35)39(4,5)6)25-27-37(33)36(30-18-10-7-11-19-30,31-20-12-8-13-21-31)32-22-14-9-15-23-32/h7-24,33H,25,27H2,1-6H3. The van der Waals surface area contributed by atoms with Crippen LogP contribution in [0.4, 0.5) is 0 Å². The van der Waals surface area contributed by atoms with Gasteiger partial charge in [0.2, 0.25) is 0 Å². The first kappa shape index (κ1) is 27.4. The van der Waals surface area contributed by atoms with Gasteiger partial charge in [-0.3, -0.25) is 4.90 Å². The molecule has 0 amide bonds. The lowest BCUT2D eigenvalue weighted by molar-refractivity contribution is 0.119. The molecule has 1 nitrogen and oxygen atoms in total. The fraction of sp³-hybridized carbons (Fsp3) is 0.278. The van der Waals surface area contributed by atoms with Crippen LogP contribution in [0.5, 0.6) is 0 Å². The summed E-state index contributed by atoms with van der Waals surface area (Å²) in [5, 5.41) is 1.54. The van der Waals surface area contributed by atoms with Crippen LogP contribution in [0.1, 0.15) is 33.9 Å². The van der Waals surface area contributed by atoms with E-state index in [9.17, 15) is 0 Å². The highest BCUT2D eigenvalue weighted by Crippen LogP contribution is 2.48. The number of rotatable bonds is 5. The van der Waals surface area contributed by atoms with E-state index in [0.29, 0.717) is 0 Å². The molecule has 0 N–H and O–H groups in total. The summed E-state index contributed by atoms with van der Waals surface area (Å²) >= 11 is 0. The molecular weight excluding hydrogens is 503 g/mol. The zero-order valence-corrected chi connectivity index (χ0v) is 26.3. The Hall–Kier alpha value is -3.17. The van der Waals surface area contributed by atoms with Crippen molar-refractivity contribution in [1.29, 1.82) is 0 Å². The maximum Gasteiger partial charge on any atom is 0.129 e. The van der Waals surface area contributed by atoms with Crippen molar-refractivity contribution in [3.05, 3.63) is 137 Å². The molecule has 0 bridgehead atoms. The van der Waals surface area contributed by atoms with Gasteiger partial charge in [0, 0.05) is 6.54 Å². The van der Waals surface area contributed by atoms with Gasteiger partial charge in [-0.05, 0) is 34.2 Å². The Labute approximate surface area is 237 Å². The summed E-state index contributed by atoms with van der Waals surface area (Å²) in [5.41, 5.74) is 10.2. The molecule has 4 aromatic rings. The third-order valence-corrected chi connectivity index (χ3v) is 10.7. The summed E-state index contributed by atoms with van der Waals surface area (Å²) in [6.45, 7) is 15.4. The summed E-state index contributed by atoms with van der Waals surface area (Å²) in [4.78, 5) is 2.74. The molecule has 1 aliphatic heterocycles. The van der Waals surface area contributed by atoms with Gasteiger partial charge in [0.1, 0.15) is 8.07 Å². The van der Waals surface area contributed by atoms with Crippen LogP contribution >= 0.6 is 0 Å². The normalized spacial score (nSPS) is 16.2. The van der Waals surface area contributed by atoms with Gasteiger partial charge in [-0.2, -0.15) is 0 Å². The third kappa shape index (κ3) is 5.34.